The fourth-order valence-electron chi connectivity index (χ4n) is 2.79. The predicted molar refractivity (Wildman–Crippen MR) is 106 cm³/mol. The van der Waals surface area contributed by atoms with E-state index in [9.17, 15) is 0 Å². The lowest BCUT2D eigenvalue weighted by Gasteiger charge is -2.14. The van der Waals surface area contributed by atoms with Crippen LogP contribution in [0.3, 0.4) is 0 Å². The Balaban J connectivity index is 1.59. The molecule has 0 saturated heterocycles. The van der Waals surface area contributed by atoms with Crippen molar-refractivity contribution >= 4 is 5.96 Å². The van der Waals surface area contributed by atoms with Gasteiger partial charge in [-0.3, -0.25) is 9.67 Å². The van der Waals surface area contributed by atoms with Gasteiger partial charge in [0.15, 0.2) is 5.96 Å². The Morgan fingerprint density at radius 1 is 1.07 bits per heavy atom. The zero-order valence-electron chi connectivity index (χ0n) is 15.3. The molecule has 1 heterocycles. The number of hydrogen-bond donors (Lipinski definition) is 2. The van der Waals surface area contributed by atoms with E-state index in [1.165, 1.54) is 11.1 Å². The molecule has 0 aliphatic carbocycles. The number of nitrogens with zero attached hydrogens (tertiary/aromatic N) is 4. The summed E-state index contributed by atoms with van der Waals surface area (Å²) in [5.74, 6) is 0.714. The molecule has 3 aromatic rings. The van der Waals surface area contributed by atoms with Crippen molar-refractivity contribution in [2.45, 2.75) is 19.6 Å². The maximum absolute atomic E-state index is 9.00. The standard InChI is InChI=1S/C21H22N6/c1-23-21(24-14-18-7-4-6-17(12-18)13-22)25-15-19-8-2-3-9-20(19)16-27-11-5-10-26-27/h2-12H,14-16H2,1H3,(H2,23,24,25). The van der Waals surface area contributed by atoms with Crippen molar-refractivity contribution in [3.05, 3.63) is 89.2 Å². The van der Waals surface area contributed by atoms with Crippen molar-refractivity contribution in [2.24, 2.45) is 4.99 Å². The van der Waals surface area contributed by atoms with Crippen LogP contribution >= 0.6 is 0 Å². The van der Waals surface area contributed by atoms with E-state index in [0.717, 1.165) is 12.1 Å². The summed E-state index contributed by atoms with van der Waals surface area (Å²) in [6, 6.07) is 19.9. The summed E-state index contributed by atoms with van der Waals surface area (Å²) in [7, 11) is 1.75. The van der Waals surface area contributed by atoms with Crippen molar-refractivity contribution < 1.29 is 0 Å². The van der Waals surface area contributed by atoms with Gasteiger partial charge in [-0.1, -0.05) is 36.4 Å². The van der Waals surface area contributed by atoms with Gasteiger partial charge in [0, 0.05) is 32.5 Å². The van der Waals surface area contributed by atoms with E-state index in [0.29, 0.717) is 24.6 Å². The highest BCUT2D eigenvalue weighted by molar-refractivity contribution is 5.79. The molecule has 0 amide bonds. The Morgan fingerprint density at radius 3 is 2.63 bits per heavy atom. The molecule has 27 heavy (non-hydrogen) atoms. The first-order valence-corrected chi connectivity index (χ1v) is 8.76. The third kappa shape index (κ3) is 5.19. The van der Waals surface area contributed by atoms with Gasteiger partial charge in [-0.25, -0.2) is 0 Å². The zero-order valence-corrected chi connectivity index (χ0v) is 15.3. The lowest BCUT2D eigenvalue weighted by atomic mass is 10.1. The minimum atomic E-state index is 0.601. The van der Waals surface area contributed by atoms with Crippen molar-refractivity contribution in [3.63, 3.8) is 0 Å². The Labute approximate surface area is 159 Å². The van der Waals surface area contributed by atoms with Crippen LogP contribution in [0.4, 0.5) is 0 Å². The maximum Gasteiger partial charge on any atom is 0.191 e. The second-order valence-corrected chi connectivity index (χ2v) is 6.06. The SMILES string of the molecule is CN=C(NCc1cccc(C#N)c1)NCc1ccccc1Cn1cccn1. The highest BCUT2D eigenvalue weighted by Gasteiger charge is 2.05. The molecule has 1 aromatic heterocycles. The van der Waals surface area contributed by atoms with Crippen LogP contribution in [0, 0.1) is 11.3 Å². The van der Waals surface area contributed by atoms with E-state index in [1.54, 1.807) is 19.3 Å². The van der Waals surface area contributed by atoms with Crippen LogP contribution in [0.25, 0.3) is 0 Å². The normalized spacial score (nSPS) is 11.0. The molecule has 0 bridgehead atoms. The summed E-state index contributed by atoms with van der Waals surface area (Å²) in [5, 5.41) is 19.9. The molecule has 2 N–H and O–H groups in total. The Morgan fingerprint density at radius 2 is 1.89 bits per heavy atom. The topological polar surface area (TPSA) is 78.0 Å². The summed E-state index contributed by atoms with van der Waals surface area (Å²) in [6.45, 7) is 2.00. The number of guanidine groups is 1. The van der Waals surface area contributed by atoms with Crippen molar-refractivity contribution in [1.82, 2.24) is 20.4 Å². The summed E-state index contributed by atoms with van der Waals surface area (Å²) in [6.07, 6.45) is 3.74. The molecule has 136 valence electrons. The Kier molecular flexibility index (Phi) is 6.21. The van der Waals surface area contributed by atoms with Crippen molar-refractivity contribution in [1.29, 1.82) is 5.26 Å². The quantitative estimate of drug-likeness (QED) is 0.525. The highest BCUT2D eigenvalue weighted by Crippen LogP contribution is 2.10. The third-order valence-corrected chi connectivity index (χ3v) is 4.20. The molecular formula is C21H22N6. The third-order valence-electron chi connectivity index (χ3n) is 4.20. The van der Waals surface area contributed by atoms with E-state index in [4.69, 9.17) is 5.26 Å². The molecule has 0 fully saturated rings. The fourth-order valence-corrected chi connectivity index (χ4v) is 2.79. The van der Waals surface area contributed by atoms with Crippen LogP contribution in [0.5, 0.6) is 0 Å². The smallest absolute Gasteiger partial charge is 0.191 e. The fraction of sp³-hybridized carbons (Fsp3) is 0.190. The Hall–Kier alpha value is -3.59. The highest BCUT2D eigenvalue weighted by atomic mass is 15.3. The molecule has 0 unspecified atom stereocenters. The molecule has 6 nitrogen and oxygen atoms in total. The van der Waals surface area contributed by atoms with Crippen LogP contribution < -0.4 is 10.6 Å². The summed E-state index contributed by atoms with van der Waals surface area (Å²) < 4.78 is 1.91. The van der Waals surface area contributed by atoms with Gasteiger partial charge in [0.1, 0.15) is 0 Å². The van der Waals surface area contributed by atoms with E-state index < -0.39 is 0 Å². The predicted octanol–water partition coefficient (Wildman–Crippen LogP) is 2.67. The molecule has 0 spiro atoms. The number of aromatic nitrogens is 2. The first kappa shape index (κ1) is 18.2. The molecule has 0 saturated carbocycles. The van der Waals surface area contributed by atoms with Gasteiger partial charge in [-0.05, 0) is 34.9 Å². The van der Waals surface area contributed by atoms with Crippen LogP contribution in [-0.4, -0.2) is 22.8 Å². The monoisotopic (exact) mass is 358 g/mol. The lowest BCUT2D eigenvalue weighted by Crippen LogP contribution is -2.36. The van der Waals surface area contributed by atoms with Gasteiger partial charge in [0.25, 0.3) is 0 Å². The number of nitrogens with one attached hydrogen (secondary N) is 2. The number of benzene rings is 2. The summed E-state index contributed by atoms with van der Waals surface area (Å²) in [4.78, 5) is 4.28. The number of aliphatic imine (C=N–C) groups is 1. The first-order valence-electron chi connectivity index (χ1n) is 8.76. The molecule has 0 atom stereocenters. The van der Waals surface area contributed by atoms with Gasteiger partial charge in [0.2, 0.25) is 0 Å². The maximum atomic E-state index is 9.00. The van der Waals surface area contributed by atoms with E-state index in [-0.39, 0.29) is 0 Å². The zero-order chi connectivity index (χ0) is 18.9. The van der Waals surface area contributed by atoms with Crippen molar-refractivity contribution in [3.8, 4) is 6.07 Å². The van der Waals surface area contributed by atoms with Crippen LogP contribution in [0.2, 0.25) is 0 Å². The van der Waals surface area contributed by atoms with Gasteiger partial charge in [-0.15, -0.1) is 0 Å². The minimum Gasteiger partial charge on any atom is -0.352 e. The molecule has 0 radical (unpaired) electrons. The van der Waals surface area contributed by atoms with Crippen LogP contribution in [0.15, 0.2) is 72.0 Å². The molecule has 2 aromatic carbocycles. The Bertz CT molecular complexity index is 937. The molecule has 0 aliphatic rings. The molecule has 3 rings (SSSR count). The average Bonchev–Trinajstić information content (AvgIpc) is 3.22. The van der Waals surface area contributed by atoms with E-state index >= 15 is 0 Å². The first-order chi connectivity index (χ1) is 13.3. The van der Waals surface area contributed by atoms with E-state index in [2.05, 4.69) is 38.9 Å². The average molecular weight is 358 g/mol. The van der Waals surface area contributed by atoms with Gasteiger partial charge in [-0.2, -0.15) is 10.4 Å². The number of hydrogen-bond acceptors (Lipinski definition) is 3. The van der Waals surface area contributed by atoms with Gasteiger partial charge >= 0.3 is 0 Å². The second kappa shape index (κ2) is 9.20. The molecular weight excluding hydrogens is 336 g/mol. The summed E-state index contributed by atoms with van der Waals surface area (Å²) in [5.41, 5.74) is 4.11. The van der Waals surface area contributed by atoms with Gasteiger partial charge < -0.3 is 10.6 Å². The van der Waals surface area contributed by atoms with E-state index in [1.807, 2.05) is 47.3 Å². The molecule has 0 aliphatic heterocycles. The molecule has 6 heteroatoms. The number of nitriles is 1. The number of rotatable bonds is 6. The van der Waals surface area contributed by atoms with Crippen molar-refractivity contribution in [2.75, 3.05) is 7.05 Å². The summed E-state index contributed by atoms with van der Waals surface area (Å²) >= 11 is 0. The van der Waals surface area contributed by atoms with Gasteiger partial charge in [0.05, 0.1) is 18.2 Å². The van der Waals surface area contributed by atoms with Crippen LogP contribution in [-0.2, 0) is 19.6 Å². The minimum absolute atomic E-state index is 0.601. The largest absolute Gasteiger partial charge is 0.352 e. The second-order valence-electron chi connectivity index (χ2n) is 6.06. The van der Waals surface area contributed by atoms with Crippen LogP contribution in [0.1, 0.15) is 22.3 Å². The lowest BCUT2D eigenvalue weighted by molar-refractivity contribution is 0.677.